The summed E-state index contributed by atoms with van der Waals surface area (Å²) in [7, 11) is 3.97. The Hall–Kier alpha value is -4.15. The molecule has 1 aliphatic rings. The molecule has 2 aromatic carbocycles. The molecule has 0 unspecified atom stereocenters. The van der Waals surface area contributed by atoms with Crippen molar-refractivity contribution in [1.82, 2.24) is 20.2 Å². The maximum absolute atomic E-state index is 12.6. The van der Waals surface area contributed by atoms with Gasteiger partial charge < -0.3 is 30.4 Å². The Bertz CT molecular complexity index is 1430. The first-order chi connectivity index (χ1) is 19.6. The van der Waals surface area contributed by atoms with Crippen LogP contribution in [0.2, 0.25) is 5.02 Å². The number of benzene rings is 2. The second-order valence-electron chi connectivity index (χ2n) is 10.9. The quantitative estimate of drug-likeness (QED) is 0.154. The lowest BCUT2D eigenvalue weighted by molar-refractivity contribution is 0.0919. The van der Waals surface area contributed by atoms with Crippen LogP contribution in [0.3, 0.4) is 0 Å². The third-order valence-electron chi connectivity index (χ3n) is 5.85. The van der Waals surface area contributed by atoms with Gasteiger partial charge in [0.05, 0.1) is 16.8 Å². The van der Waals surface area contributed by atoms with Gasteiger partial charge in [0.15, 0.2) is 0 Å². The van der Waals surface area contributed by atoms with Gasteiger partial charge in [0.25, 0.3) is 5.91 Å². The van der Waals surface area contributed by atoms with Crippen molar-refractivity contribution >= 4 is 47.1 Å². The maximum Gasteiger partial charge on any atom is 0.251 e. The Morgan fingerprint density at radius 2 is 2.02 bits per heavy atom. The highest BCUT2D eigenvalue weighted by atomic mass is 35.5. The van der Waals surface area contributed by atoms with Gasteiger partial charge in [0.1, 0.15) is 36.1 Å². The summed E-state index contributed by atoms with van der Waals surface area (Å²) in [4.78, 5) is 28.8. The summed E-state index contributed by atoms with van der Waals surface area (Å²) in [5.41, 5.74) is 2.67. The highest BCUT2D eigenvalue weighted by Gasteiger charge is 2.17. The minimum absolute atomic E-state index is 0.174. The van der Waals surface area contributed by atoms with E-state index in [-0.39, 0.29) is 11.4 Å². The fourth-order valence-corrected chi connectivity index (χ4v) is 4.10. The molecule has 0 saturated carbocycles. The molecule has 1 aromatic heterocycles. The SMILES string of the molecule is CN(C)CCON=CC1=Cc2c(ncnc2Nc2ccc(Oc3cccc(C(=O)NC(C)(C)C)c3)c(Cl)c2)NCC1. The lowest BCUT2D eigenvalue weighted by Gasteiger charge is -2.20. The van der Waals surface area contributed by atoms with Crippen molar-refractivity contribution in [2.75, 3.05) is 44.4 Å². The average molecular weight is 578 g/mol. The molecule has 1 amide bonds. The number of aromatic nitrogens is 2. The largest absolute Gasteiger partial charge is 0.456 e. The smallest absolute Gasteiger partial charge is 0.251 e. The number of hydrogen-bond donors (Lipinski definition) is 3. The normalized spacial score (nSPS) is 13.2. The van der Waals surface area contributed by atoms with Crippen molar-refractivity contribution in [2.24, 2.45) is 5.16 Å². The molecule has 0 spiro atoms. The van der Waals surface area contributed by atoms with Crippen LogP contribution in [0, 0.1) is 0 Å². The predicted octanol–water partition coefficient (Wildman–Crippen LogP) is 5.96. The van der Waals surface area contributed by atoms with Crippen LogP contribution in [0.4, 0.5) is 17.3 Å². The highest BCUT2D eigenvalue weighted by Crippen LogP contribution is 2.34. The van der Waals surface area contributed by atoms with Gasteiger partial charge in [-0.15, -0.1) is 0 Å². The van der Waals surface area contributed by atoms with Crippen LogP contribution in [0.15, 0.2) is 59.5 Å². The summed E-state index contributed by atoms with van der Waals surface area (Å²) in [6.07, 6.45) is 5.99. The number of carbonyl (C=O) groups is 1. The zero-order valence-corrected chi connectivity index (χ0v) is 24.7. The number of anilines is 3. The molecule has 41 heavy (non-hydrogen) atoms. The van der Waals surface area contributed by atoms with E-state index in [2.05, 4.69) is 31.1 Å². The zero-order valence-electron chi connectivity index (χ0n) is 24.0. The zero-order chi connectivity index (χ0) is 29.4. The Kier molecular flexibility index (Phi) is 9.80. The summed E-state index contributed by atoms with van der Waals surface area (Å²) < 4.78 is 6.01. The predicted molar refractivity (Wildman–Crippen MR) is 165 cm³/mol. The van der Waals surface area contributed by atoms with E-state index in [4.69, 9.17) is 21.2 Å². The molecule has 3 N–H and O–H groups in total. The molecule has 4 rings (SSSR count). The van der Waals surface area contributed by atoms with E-state index in [1.807, 2.05) is 51.9 Å². The minimum atomic E-state index is -0.344. The van der Waals surface area contributed by atoms with Gasteiger partial charge in [0, 0.05) is 29.9 Å². The molecule has 216 valence electrons. The van der Waals surface area contributed by atoms with Crippen LogP contribution in [-0.4, -0.2) is 66.3 Å². The number of fused-ring (bicyclic) bond motifs is 1. The number of amides is 1. The van der Waals surface area contributed by atoms with E-state index >= 15 is 0 Å². The second-order valence-corrected chi connectivity index (χ2v) is 11.3. The highest BCUT2D eigenvalue weighted by molar-refractivity contribution is 6.32. The molecule has 0 aliphatic carbocycles. The molecule has 11 heteroatoms. The Labute approximate surface area is 245 Å². The van der Waals surface area contributed by atoms with Gasteiger partial charge in [-0.2, -0.15) is 0 Å². The van der Waals surface area contributed by atoms with Gasteiger partial charge in [0.2, 0.25) is 0 Å². The Morgan fingerprint density at radius 3 is 2.78 bits per heavy atom. The molecule has 1 aliphatic heterocycles. The van der Waals surface area contributed by atoms with E-state index < -0.39 is 0 Å². The van der Waals surface area contributed by atoms with E-state index in [0.717, 1.165) is 35.6 Å². The molecule has 0 fully saturated rings. The molecular weight excluding hydrogens is 542 g/mol. The topological polar surface area (TPSA) is 113 Å². The molecular formula is C30H36ClN7O3. The standard InChI is InChI=1S/C30H36ClN7O3/c1-30(2,3)37-29(39)21-7-6-8-23(16-21)41-26-10-9-22(17-25(26)31)36-28-24-15-20(18-35-40-14-13-38(4)5)11-12-32-27(24)33-19-34-28/h6-10,15-19H,11-14H2,1-5H3,(H,37,39)(H2,32,33,34,36). The molecule has 0 radical (unpaired) electrons. The van der Waals surface area contributed by atoms with Crippen LogP contribution in [-0.2, 0) is 4.84 Å². The summed E-state index contributed by atoms with van der Waals surface area (Å²) in [6, 6.07) is 12.4. The fourth-order valence-electron chi connectivity index (χ4n) is 3.88. The number of hydrogen-bond acceptors (Lipinski definition) is 9. The van der Waals surface area contributed by atoms with Crippen LogP contribution < -0.4 is 20.7 Å². The van der Waals surface area contributed by atoms with Crippen molar-refractivity contribution in [3.63, 3.8) is 0 Å². The summed E-state index contributed by atoms with van der Waals surface area (Å²) in [5.74, 6) is 2.13. The lowest BCUT2D eigenvalue weighted by Crippen LogP contribution is -2.40. The van der Waals surface area contributed by atoms with Gasteiger partial charge in [-0.1, -0.05) is 22.8 Å². The first-order valence-electron chi connectivity index (χ1n) is 13.3. The number of halogens is 1. The number of ether oxygens (including phenoxy) is 1. The van der Waals surface area contributed by atoms with Crippen LogP contribution in [0.5, 0.6) is 11.5 Å². The Balaban J connectivity index is 1.48. The van der Waals surface area contributed by atoms with E-state index in [1.54, 1.807) is 42.6 Å². The fraction of sp³-hybridized carbons (Fsp3) is 0.333. The van der Waals surface area contributed by atoms with E-state index in [9.17, 15) is 4.79 Å². The third kappa shape index (κ3) is 8.92. The van der Waals surface area contributed by atoms with Crippen molar-refractivity contribution in [3.8, 4) is 11.5 Å². The number of nitrogens with zero attached hydrogens (tertiary/aromatic N) is 4. The molecule has 3 aromatic rings. The van der Waals surface area contributed by atoms with Gasteiger partial charge in [-0.05, 0) is 89.3 Å². The summed E-state index contributed by atoms with van der Waals surface area (Å²) >= 11 is 6.59. The number of rotatable bonds is 10. The van der Waals surface area contributed by atoms with Crippen LogP contribution in [0.25, 0.3) is 6.08 Å². The first-order valence-corrected chi connectivity index (χ1v) is 13.7. The van der Waals surface area contributed by atoms with E-state index in [0.29, 0.717) is 41.1 Å². The van der Waals surface area contributed by atoms with Crippen molar-refractivity contribution < 1.29 is 14.4 Å². The molecule has 0 atom stereocenters. The minimum Gasteiger partial charge on any atom is -0.456 e. The first kappa shape index (κ1) is 29.8. The molecule has 10 nitrogen and oxygen atoms in total. The van der Waals surface area contributed by atoms with Crippen LogP contribution in [0.1, 0.15) is 43.1 Å². The number of nitrogens with one attached hydrogen (secondary N) is 3. The monoisotopic (exact) mass is 577 g/mol. The summed E-state index contributed by atoms with van der Waals surface area (Å²) in [6.45, 7) is 7.81. The van der Waals surface area contributed by atoms with Gasteiger partial charge in [-0.25, -0.2) is 9.97 Å². The van der Waals surface area contributed by atoms with Gasteiger partial charge in [-0.3, -0.25) is 4.79 Å². The maximum atomic E-state index is 12.6. The lowest BCUT2D eigenvalue weighted by atomic mass is 10.1. The number of oxime groups is 1. The number of likely N-dealkylation sites (N-methyl/N-ethyl adjacent to an activating group) is 1. The molecule has 2 heterocycles. The van der Waals surface area contributed by atoms with Crippen molar-refractivity contribution in [2.45, 2.75) is 32.7 Å². The number of carbonyl (C=O) groups excluding carboxylic acids is 1. The van der Waals surface area contributed by atoms with Gasteiger partial charge >= 0.3 is 0 Å². The molecule has 0 bridgehead atoms. The second kappa shape index (κ2) is 13.5. The van der Waals surface area contributed by atoms with E-state index in [1.165, 1.54) is 6.33 Å². The molecule has 0 saturated heterocycles. The third-order valence-corrected chi connectivity index (χ3v) is 6.15. The summed E-state index contributed by atoms with van der Waals surface area (Å²) in [5, 5.41) is 14.2. The average Bonchev–Trinajstić information content (AvgIpc) is 3.12. The van der Waals surface area contributed by atoms with Crippen LogP contribution >= 0.6 is 11.6 Å². The Morgan fingerprint density at radius 1 is 1.20 bits per heavy atom. The van der Waals surface area contributed by atoms with Crippen molar-refractivity contribution in [3.05, 3.63) is 70.5 Å². The van der Waals surface area contributed by atoms with Crippen molar-refractivity contribution in [1.29, 1.82) is 0 Å².